The number of likely N-dealkylation sites (N-methyl/N-ethyl adjacent to an activating group) is 1. The van der Waals surface area contributed by atoms with Crippen molar-refractivity contribution in [1.29, 1.82) is 0 Å². The molecule has 13 heavy (non-hydrogen) atoms. The highest BCUT2D eigenvalue weighted by Gasteiger charge is 2.23. The Hall–Kier alpha value is -0.170. The van der Waals surface area contributed by atoms with Crippen molar-refractivity contribution >= 4 is 10.0 Å². The van der Waals surface area contributed by atoms with Crippen LogP contribution >= 0.6 is 0 Å². The zero-order chi connectivity index (χ0) is 10.7. The third-order valence-electron chi connectivity index (χ3n) is 1.46. The lowest BCUT2D eigenvalue weighted by atomic mass is 10.1. The Morgan fingerprint density at radius 1 is 1.46 bits per heavy atom. The van der Waals surface area contributed by atoms with Crippen LogP contribution in [-0.4, -0.2) is 49.3 Å². The fourth-order valence-corrected chi connectivity index (χ4v) is 2.07. The smallest absolute Gasteiger partial charge is 0.215 e. The summed E-state index contributed by atoms with van der Waals surface area (Å²) in [5, 5.41) is 9.38. The summed E-state index contributed by atoms with van der Waals surface area (Å²) >= 11 is 0. The Morgan fingerprint density at radius 2 is 1.92 bits per heavy atom. The molecule has 0 radical (unpaired) electrons. The summed E-state index contributed by atoms with van der Waals surface area (Å²) in [4.78, 5) is 0. The number of sulfonamides is 1. The van der Waals surface area contributed by atoms with E-state index >= 15 is 0 Å². The molecule has 0 unspecified atom stereocenters. The second-order valence-electron chi connectivity index (χ2n) is 3.67. The van der Waals surface area contributed by atoms with Gasteiger partial charge in [0.1, 0.15) is 0 Å². The van der Waals surface area contributed by atoms with Crippen molar-refractivity contribution in [3.05, 3.63) is 0 Å². The number of nitrogens with zero attached hydrogens (tertiary/aromatic N) is 1. The first-order valence-electron chi connectivity index (χ1n) is 4.05. The van der Waals surface area contributed by atoms with E-state index in [9.17, 15) is 13.5 Å². The summed E-state index contributed by atoms with van der Waals surface area (Å²) in [6.45, 7) is 3.29. The lowest BCUT2D eigenvalue weighted by molar-refractivity contribution is 0.0640. The van der Waals surface area contributed by atoms with E-state index in [-0.39, 0.29) is 18.8 Å². The van der Waals surface area contributed by atoms with Gasteiger partial charge in [0.05, 0.1) is 11.4 Å². The number of nitrogens with two attached hydrogens (primary N) is 1. The molecule has 0 spiro atoms. The van der Waals surface area contributed by atoms with E-state index < -0.39 is 15.6 Å². The first kappa shape index (κ1) is 12.8. The average molecular weight is 210 g/mol. The van der Waals surface area contributed by atoms with E-state index in [0.29, 0.717) is 0 Å². The average Bonchev–Trinajstić information content (AvgIpc) is 1.82. The molecule has 3 N–H and O–H groups in total. The summed E-state index contributed by atoms with van der Waals surface area (Å²) in [5.74, 6) is -0.0838. The van der Waals surface area contributed by atoms with Crippen molar-refractivity contribution in [3.8, 4) is 0 Å². The van der Waals surface area contributed by atoms with Gasteiger partial charge >= 0.3 is 0 Å². The van der Waals surface area contributed by atoms with E-state index in [4.69, 9.17) is 5.73 Å². The second-order valence-corrected chi connectivity index (χ2v) is 5.87. The van der Waals surface area contributed by atoms with E-state index in [2.05, 4.69) is 0 Å². The van der Waals surface area contributed by atoms with E-state index in [0.717, 1.165) is 4.31 Å². The lowest BCUT2D eigenvalue weighted by Crippen LogP contribution is -2.41. The van der Waals surface area contributed by atoms with Crippen LogP contribution in [0.3, 0.4) is 0 Å². The van der Waals surface area contributed by atoms with Crippen LogP contribution in [0.5, 0.6) is 0 Å². The Kier molecular flexibility index (Phi) is 4.31. The topological polar surface area (TPSA) is 83.6 Å². The molecule has 0 amide bonds. The molecule has 5 nitrogen and oxygen atoms in total. The van der Waals surface area contributed by atoms with Gasteiger partial charge in [-0.15, -0.1) is 0 Å². The summed E-state index contributed by atoms with van der Waals surface area (Å²) in [6, 6.07) is 0. The molecule has 0 saturated heterocycles. The molecule has 0 aliphatic rings. The zero-order valence-electron chi connectivity index (χ0n) is 8.32. The predicted molar refractivity (Wildman–Crippen MR) is 51.8 cm³/mol. The molecule has 0 saturated carbocycles. The van der Waals surface area contributed by atoms with Crippen LogP contribution in [0.25, 0.3) is 0 Å². The van der Waals surface area contributed by atoms with Gasteiger partial charge in [-0.1, -0.05) is 0 Å². The molecule has 80 valence electrons. The van der Waals surface area contributed by atoms with Crippen LogP contribution in [0.1, 0.15) is 13.8 Å². The summed E-state index contributed by atoms with van der Waals surface area (Å²) in [7, 11) is -1.86. The van der Waals surface area contributed by atoms with Crippen molar-refractivity contribution in [2.24, 2.45) is 5.73 Å². The fourth-order valence-electron chi connectivity index (χ4n) is 0.948. The van der Waals surface area contributed by atoms with Gasteiger partial charge in [-0.3, -0.25) is 0 Å². The van der Waals surface area contributed by atoms with Crippen molar-refractivity contribution in [3.63, 3.8) is 0 Å². The minimum absolute atomic E-state index is 0.0787. The zero-order valence-corrected chi connectivity index (χ0v) is 9.13. The number of aliphatic hydroxyl groups is 1. The molecule has 0 aromatic carbocycles. The van der Waals surface area contributed by atoms with E-state index in [1.54, 1.807) is 13.8 Å². The van der Waals surface area contributed by atoms with Gasteiger partial charge < -0.3 is 10.8 Å². The van der Waals surface area contributed by atoms with Gasteiger partial charge in [-0.05, 0) is 13.8 Å². The highest BCUT2D eigenvalue weighted by atomic mass is 32.2. The van der Waals surface area contributed by atoms with Crippen molar-refractivity contribution in [2.45, 2.75) is 19.4 Å². The number of hydrogen-bond donors (Lipinski definition) is 2. The molecule has 0 rings (SSSR count). The van der Waals surface area contributed by atoms with Crippen LogP contribution in [0.4, 0.5) is 0 Å². The minimum Gasteiger partial charge on any atom is -0.389 e. The van der Waals surface area contributed by atoms with Gasteiger partial charge in [-0.25, -0.2) is 12.7 Å². The van der Waals surface area contributed by atoms with Crippen LogP contribution in [0, 0.1) is 0 Å². The Labute approximate surface area is 79.6 Å². The minimum atomic E-state index is -3.30. The quantitative estimate of drug-likeness (QED) is 0.608. The number of hydrogen-bond acceptors (Lipinski definition) is 4. The van der Waals surface area contributed by atoms with Crippen LogP contribution in [0.2, 0.25) is 0 Å². The maximum Gasteiger partial charge on any atom is 0.215 e. The van der Waals surface area contributed by atoms with Gasteiger partial charge in [0, 0.05) is 20.1 Å². The molecule has 0 aliphatic heterocycles. The highest BCUT2D eigenvalue weighted by molar-refractivity contribution is 7.89. The third kappa shape index (κ3) is 5.20. The Balaban J connectivity index is 4.35. The van der Waals surface area contributed by atoms with E-state index in [1.807, 2.05) is 0 Å². The maximum atomic E-state index is 11.3. The summed E-state index contributed by atoms with van der Waals surface area (Å²) in [6.07, 6.45) is 0. The Bertz CT molecular complexity index is 243. The predicted octanol–water partition coefficient (Wildman–Crippen LogP) is -1.02. The fraction of sp³-hybridized carbons (Fsp3) is 1.00. The standard InChI is InChI=1S/C7H18N2O3S/c1-7(2,10)6-9(3)13(11,12)5-4-8/h10H,4-6,8H2,1-3H3. The monoisotopic (exact) mass is 210 g/mol. The highest BCUT2D eigenvalue weighted by Crippen LogP contribution is 2.06. The third-order valence-corrected chi connectivity index (χ3v) is 3.29. The Morgan fingerprint density at radius 3 is 2.23 bits per heavy atom. The maximum absolute atomic E-state index is 11.3. The molecular weight excluding hydrogens is 192 g/mol. The molecular formula is C7H18N2O3S. The molecule has 0 atom stereocenters. The molecule has 0 bridgehead atoms. The largest absolute Gasteiger partial charge is 0.389 e. The normalized spacial score (nSPS) is 13.7. The summed E-state index contributed by atoms with van der Waals surface area (Å²) in [5.41, 5.74) is 4.13. The van der Waals surface area contributed by atoms with Crippen LogP contribution < -0.4 is 5.73 Å². The van der Waals surface area contributed by atoms with Crippen molar-refractivity contribution in [1.82, 2.24) is 4.31 Å². The van der Waals surface area contributed by atoms with Crippen LogP contribution in [-0.2, 0) is 10.0 Å². The SMILES string of the molecule is CN(CC(C)(C)O)S(=O)(=O)CCN. The van der Waals surface area contributed by atoms with Crippen molar-refractivity contribution < 1.29 is 13.5 Å². The van der Waals surface area contributed by atoms with Gasteiger partial charge in [0.2, 0.25) is 10.0 Å². The molecule has 0 fully saturated rings. The van der Waals surface area contributed by atoms with Crippen LogP contribution in [0.15, 0.2) is 0 Å². The summed E-state index contributed by atoms with van der Waals surface area (Å²) < 4.78 is 23.8. The lowest BCUT2D eigenvalue weighted by Gasteiger charge is -2.24. The van der Waals surface area contributed by atoms with E-state index in [1.165, 1.54) is 7.05 Å². The molecule has 0 heterocycles. The molecule has 0 aromatic rings. The first-order valence-corrected chi connectivity index (χ1v) is 5.66. The number of rotatable bonds is 5. The molecule has 0 aromatic heterocycles. The molecule has 0 aliphatic carbocycles. The first-order chi connectivity index (χ1) is 5.69. The second kappa shape index (κ2) is 4.36. The van der Waals surface area contributed by atoms with Gasteiger partial charge in [0.25, 0.3) is 0 Å². The van der Waals surface area contributed by atoms with Crippen molar-refractivity contribution in [2.75, 3.05) is 25.9 Å². The van der Waals surface area contributed by atoms with Gasteiger partial charge in [-0.2, -0.15) is 0 Å². The van der Waals surface area contributed by atoms with Gasteiger partial charge in [0.15, 0.2) is 0 Å². The molecule has 6 heteroatoms.